The molecule has 22 heavy (non-hydrogen) atoms. The van der Waals surface area contributed by atoms with E-state index in [1.807, 2.05) is 6.07 Å². The van der Waals surface area contributed by atoms with E-state index >= 15 is 0 Å². The monoisotopic (exact) mass is 317 g/mol. The van der Waals surface area contributed by atoms with Crippen LogP contribution in [0.25, 0.3) is 0 Å². The molecule has 0 saturated carbocycles. The SMILES string of the molecule is COCCCNC(=O)C(Cc1cccs1)c1ccc(C)cc1. The number of carbonyl (C=O) groups excluding carboxylic acids is 1. The van der Waals surface area contributed by atoms with Gasteiger partial charge in [0.2, 0.25) is 5.91 Å². The maximum atomic E-state index is 12.6. The van der Waals surface area contributed by atoms with Crippen molar-refractivity contribution in [3.05, 3.63) is 57.8 Å². The van der Waals surface area contributed by atoms with Crippen molar-refractivity contribution in [3.63, 3.8) is 0 Å². The van der Waals surface area contributed by atoms with E-state index in [1.165, 1.54) is 10.4 Å². The van der Waals surface area contributed by atoms with Gasteiger partial charge < -0.3 is 10.1 Å². The summed E-state index contributed by atoms with van der Waals surface area (Å²) in [6, 6.07) is 12.4. The van der Waals surface area contributed by atoms with Gasteiger partial charge in [-0.2, -0.15) is 0 Å². The third-order valence-corrected chi connectivity index (χ3v) is 4.50. The van der Waals surface area contributed by atoms with E-state index in [1.54, 1.807) is 18.4 Å². The molecule has 0 aliphatic carbocycles. The lowest BCUT2D eigenvalue weighted by Gasteiger charge is -2.17. The Morgan fingerprint density at radius 1 is 1.27 bits per heavy atom. The first kappa shape index (κ1) is 16.7. The van der Waals surface area contributed by atoms with Gasteiger partial charge in [-0.3, -0.25) is 4.79 Å². The number of hydrogen-bond donors (Lipinski definition) is 1. The fourth-order valence-corrected chi connectivity index (χ4v) is 3.09. The van der Waals surface area contributed by atoms with Crippen molar-refractivity contribution in [1.82, 2.24) is 5.32 Å². The van der Waals surface area contributed by atoms with Crippen LogP contribution >= 0.6 is 11.3 Å². The summed E-state index contributed by atoms with van der Waals surface area (Å²) < 4.78 is 5.02. The van der Waals surface area contributed by atoms with E-state index in [0.29, 0.717) is 13.2 Å². The molecule has 0 aliphatic rings. The second-order valence-corrected chi connectivity index (χ2v) is 6.42. The molecule has 1 atom stereocenters. The number of thiophene rings is 1. The fourth-order valence-electron chi connectivity index (χ4n) is 2.34. The third kappa shape index (κ3) is 4.97. The van der Waals surface area contributed by atoms with Gasteiger partial charge in [-0.05, 0) is 36.8 Å². The number of rotatable bonds is 8. The van der Waals surface area contributed by atoms with E-state index in [0.717, 1.165) is 18.4 Å². The van der Waals surface area contributed by atoms with Crippen molar-refractivity contribution in [2.45, 2.75) is 25.7 Å². The first-order valence-corrected chi connectivity index (χ1v) is 8.44. The van der Waals surface area contributed by atoms with Gasteiger partial charge >= 0.3 is 0 Å². The Kier molecular flexibility index (Phi) is 6.62. The van der Waals surface area contributed by atoms with Gasteiger partial charge in [-0.1, -0.05) is 35.9 Å². The predicted molar refractivity (Wildman–Crippen MR) is 91.4 cm³/mol. The minimum absolute atomic E-state index is 0.0911. The molecule has 1 heterocycles. The highest BCUT2D eigenvalue weighted by Gasteiger charge is 2.21. The maximum Gasteiger partial charge on any atom is 0.227 e. The van der Waals surface area contributed by atoms with Crippen LogP contribution < -0.4 is 5.32 Å². The molecule has 0 aliphatic heterocycles. The maximum absolute atomic E-state index is 12.6. The van der Waals surface area contributed by atoms with Gasteiger partial charge in [0.15, 0.2) is 0 Å². The molecule has 0 fully saturated rings. The van der Waals surface area contributed by atoms with Gasteiger partial charge in [0.05, 0.1) is 5.92 Å². The van der Waals surface area contributed by atoms with Gasteiger partial charge in [0, 0.05) is 25.1 Å². The molecule has 0 saturated heterocycles. The number of aryl methyl sites for hydroxylation is 1. The summed E-state index contributed by atoms with van der Waals surface area (Å²) in [5.74, 6) is -0.0462. The highest BCUT2D eigenvalue weighted by atomic mass is 32.1. The average molecular weight is 317 g/mol. The van der Waals surface area contributed by atoms with Crippen molar-refractivity contribution in [2.24, 2.45) is 0 Å². The quantitative estimate of drug-likeness (QED) is 0.756. The van der Waals surface area contributed by atoms with Crippen molar-refractivity contribution < 1.29 is 9.53 Å². The van der Waals surface area contributed by atoms with Crippen molar-refractivity contribution in [1.29, 1.82) is 0 Å². The largest absolute Gasteiger partial charge is 0.385 e. The van der Waals surface area contributed by atoms with Crippen LogP contribution in [0.5, 0.6) is 0 Å². The molecule has 1 amide bonds. The van der Waals surface area contributed by atoms with Gasteiger partial charge in [-0.25, -0.2) is 0 Å². The molecule has 118 valence electrons. The molecular weight excluding hydrogens is 294 g/mol. The zero-order chi connectivity index (χ0) is 15.8. The van der Waals surface area contributed by atoms with Crippen molar-refractivity contribution >= 4 is 17.2 Å². The number of benzene rings is 1. The molecule has 2 rings (SSSR count). The lowest BCUT2D eigenvalue weighted by molar-refractivity contribution is -0.122. The second-order valence-electron chi connectivity index (χ2n) is 5.38. The molecule has 0 radical (unpaired) electrons. The first-order chi connectivity index (χ1) is 10.7. The normalized spacial score (nSPS) is 12.1. The van der Waals surface area contributed by atoms with Gasteiger partial charge in [0.1, 0.15) is 0 Å². The Bertz CT molecular complexity index is 563. The Hall–Kier alpha value is -1.65. The summed E-state index contributed by atoms with van der Waals surface area (Å²) in [4.78, 5) is 13.8. The van der Waals surface area contributed by atoms with E-state index in [9.17, 15) is 4.79 Å². The Balaban J connectivity index is 2.07. The summed E-state index contributed by atoms with van der Waals surface area (Å²) >= 11 is 1.70. The molecule has 4 heteroatoms. The number of ether oxygens (including phenoxy) is 1. The minimum Gasteiger partial charge on any atom is -0.385 e. The smallest absolute Gasteiger partial charge is 0.227 e. The van der Waals surface area contributed by atoms with Crippen molar-refractivity contribution in [3.8, 4) is 0 Å². The summed E-state index contributed by atoms with van der Waals surface area (Å²) in [6.45, 7) is 3.38. The summed E-state index contributed by atoms with van der Waals surface area (Å²) in [6.07, 6.45) is 1.58. The number of nitrogens with one attached hydrogen (secondary N) is 1. The Morgan fingerprint density at radius 3 is 2.68 bits per heavy atom. The van der Waals surface area contributed by atoms with E-state index in [4.69, 9.17) is 4.74 Å². The van der Waals surface area contributed by atoms with Crippen LogP contribution in [0.15, 0.2) is 41.8 Å². The van der Waals surface area contributed by atoms with E-state index < -0.39 is 0 Å². The molecule has 0 spiro atoms. The van der Waals surface area contributed by atoms with Crippen molar-refractivity contribution in [2.75, 3.05) is 20.3 Å². The van der Waals surface area contributed by atoms with Crippen LogP contribution in [-0.4, -0.2) is 26.2 Å². The molecule has 1 aromatic heterocycles. The standard InChI is InChI=1S/C18H23NO2S/c1-14-6-8-15(9-7-14)17(13-16-5-3-12-22-16)18(20)19-10-4-11-21-2/h3,5-9,12,17H,4,10-11,13H2,1-2H3,(H,19,20). The lowest BCUT2D eigenvalue weighted by Crippen LogP contribution is -2.31. The highest BCUT2D eigenvalue weighted by molar-refractivity contribution is 7.09. The van der Waals surface area contributed by atoms with Crippen LogP contribution in [0.3, 0.4) is 0 Å². The average Bonchev–Trinajstić information content (AvgIpc) is 3.03. The Morgan fingerprint density at radius 2 is 2.05 bits per heavy atom. The molecule has 1 N–H and O–H groups in total. The van der Waals surface area contributed by atoms with E-state index in [-0.39, 0.29) is 11.8 Å². The number of amides is 1. The van der Waals surface area contributed by atoms with Crippen LogP contribution in [0.1, 0.15) is 28.3 Å². The first-order valence-electron chi connectivity index (χ1n) is 7.56. The number of carbonyl (C=O) groups is 1. The summed E-state index contributed by atoms with van der Waals surface area (Å²) in [5, 5.41) is 5.08. The van der Waals surface area contributed by atoms with Crippen LogP contribution in [0, 0.1) is 6.92 Å². The van der Waals surface area contributed by atoms with Gasteiger partial charge in [-0.15, -0.1) is 11.3 Å². The van der Waals surface area contributed by atoms with Crippen LogP contribution in [-0.2, 0) is 16.0 Å². The summed E-state index contributed by atoms with van der Waals surface area (Å²) in [7, 11) is 1.67. The minimum atomic E-state index is -0.137. The molecule has 3 nitrogen and oxygen atoms in total. The number of hydrogen-bond acceptors (Lipinski definition) is 3. The molecule has 1 unspecified atom stereocenters. The topological polar surface area (TPSA) is 38.3 Å². The fraction of sp³-hybridized carbons (Fsp3) is 0.389. The lowest BCUT2D eigenvalue weighted by atomic mass is 9.93. The summed E-state index contributed by atoms with van der Waals surface area (Å²) in [5.41, 5.74) is 2.28. The predicted octanol–water partition coefficient (Wildman–Crippen LogP) is 3.54. The van der Waals surface area contributed by atoms with Gasteiger partial charge in [0.25, 0.3) is 0 Å². The van der Waals surface area contributed by atoms with Crippen LogP contribution in [0.2, 0.25) is 0 Å². The molecule has 0 bridgehead atoms. The Labute approximate surface area is 136 Å². The zero-order valence-electron chi connectivity index (χ0n) is 13.2. The third-order valence-electron chi connectivity index (χ3n) is 3.61. The zero-order valence-corrected chi connectivity index (χ0v) is 14.0. The molecule has 1 aromatic carbocycles. The number of methoxy groups -OCH3 is 1. The highest BCUT2D eigenvalue weighted by Crippen LogP contribution is 2.24. The molecular formula is C18H23NO2S. The van der Waals surface area contributed by atoms with E-state index in [2.05, 4.69) is 48.0 Å². The molecule has 2 aromatic rings. The van der Waals surface area contributed by atoms with Crippen LogP contribution in [0.4, 0.5) is 0 Å². The second kappa shape index (κ2) is 8.71.